The Bertz CT molecular complexity index is 1150. The number of benzene rings is 1. The average molecular weight is 511 g/mol. The number of nitrogens with zero attached hydrogens (tertiary/aromatic N) is 2. The van der Waals surface area contributed by atoms with Crippen molar-refractivity contribution in [2.75, 3.05) is 7.11 Å². The Balaban J connectivity index is 1.58. The Morgan fingerprint density at radius 3 is 2.59 bits per heavy atom. The highest BCUT2D eigenvalue weighted by Crippen LogP contribution is 2.44. The van der Waals surface area contributed by atoms with E-state index >= 15 is 0 Å². The summed E-state index contributed by atoms with van der Waals surface area (Å²) in [5.74, 6) is -2.73. The molecule has 11 nitrogen and oxygen atoms in total. The lowest BCUT2D eigenvalue weighted by atomic mass is 9.58. The lowest BCUT2D eigenvalue weighted by Crippen LogP contribution is -2.54. The zero-order chi connectivity index (χ0) is 26.6. The van der Waals surface area contributed by atoms with E-state index in [1.54, 1.807) is 0 Å². The molecule has 2 saturated heterocycles. The molecule has 1 amide bonds. The van der Waals surface area contributed by atoms with Crippen LogP contribution in [-0.4, -0.2) is 70.4 Å². The van der Waals surface area contributed by atoms with E-state index in [0.717, 1.165) is 5.56 Å². The first kappa shape index (κ1) is 26.4. The molecule has 3 heterocycles. The summed E-state index contributed by atoms with van der Waals surface area (Å²) >= 11 is 0. The topological polar surface area (TPSA) is 147 Å². The number of amides is 1. The van der Waals surface area contributed by atoms with Crippen LogP contribution in [0.1, 0.15) is 42.7 Å². The molecule has 2 fully saturated rings. The summed E-state index contributed by atoms with van der Waals surface area (Å²) in [6.07, 6.45) is 2.44. The maximum absolute atomic E-state index is 13.7. The van der Waals surface area contributed by atoms with Gasteiger partial charge in [-0.15, -0.1) is 0 Å². The molecule has 37 heavy (non-hydrogen) atoms. The maximum Gasteiger partial charge on any atom is 0.630 e. The molecule has 4 rings (SSSR count). The molecule has 2 aliphatic rings. The van der Waals surface area contributed by atoms with E-state index in [4.69, 9.17) is 14.0 Å². The van der Waals surface area contributed by atoms with Crippen LogP contribution < -0.4 is 5.32 Å². The summed E-state index contributed by atoms with van der Waals surface area (Å²) in [6, 6.07) is 8.39. The van der Waals surface area contributed by atoms with Gasteiger partial charge in [-0.2, -0.15) is 0 Å². The molecule has 5 atom stereocenters. The van der Waals surface area contributed by atoms with E-state index in [1.807, 2.05) is 44.2 Å². The van der Waals surface area contributed by atoms with Crippen LogP contribution >= 0.6 is 0 Å². The number of Topliss-reactive ketones (excluding diaryl/α,β-unsaturated/α-hetero) is 1. The van der Waals surface area contributed by atoms with Gasteiger partial charge in [0.05, 0.1) is 19.3 Å². The molecule has 12 heteroatoms. The van der Waals surface area contributed by atoms with Gasteiger partial charge < -0.3 is 24.0 Å². The summed E-state index contributed by atoms with van der Waals surface area (Å²) in [4.78, 5) is 59.2. The number of rotatable bonds is 11. The van der Waals surface area contributed by atoms with E-state index in [2.05, 4.69) is 19.9 Å². The minimum Gasteiger partial charge on any atom is -0.608 e. The van der Waals surface area contributed by atoms with Gasteiger partial charge in [0.2, 0.25) is 6.10 Å². The van der Waals surface area contributed by atoms with Gasteiger partial charge in [-0.05, 0) is 30.1 Å². The van der Waals surface area contributed by atoms with Gasteiger partial charge >= 0.3 is 12.7 Å². The Labute approximate surface area is 214 Å². The fourth-order valence-electron chi connectivity index (χ4n) is 4.89. The molecule has 1 unspecified atom stereocenters. The highest BCUT2D eigenvalue weighted by Gasteiger charge is 2.69. The summed E-state index contributed by atoms with van der Waals surface area (Å²) in [5, 5.41) is 2.78. The van der Waals surface area contributed by atoms with Crippen molar-refractivity contribution in [1.29, 1.82) is 0 Å². The van der Waals surface area contributed by atoms with Crippen LogP contribution in [0.15, 0.2) is 48.9 Å². The first-order valence-electron chi connectivity index (χ1n) is 12.2. The third-order valence-corrected chi connectivity index (χ3v) is 6.56. The van der Waals surface area contributed by atoms with Crippen molar-refractivity contribution >= 4 is 30.4 Å². The minimum absolute atomic E-state index is 0.0810. The predicted octanol–water partition coefficient (Wildman–Crippen LogP) is 1.16. The van der Waals surface area contributed by atoms with Crippen molar-refractivity contribution in [3.63, 3.8) is 0 Å². The third kappa shape index (κ3) is 5.86. The van der Waals surface area contributed by atoms with E-state index < -0.39 is 48.7 Å². The van der Waals surface area contributed by atoms with E-state index in [-0.39, 0.29) is 30.2 Å². The smallest absolute Gasteiger partial charge is 0.608 e. The molecule has 0 saturated carbocycles. The summed E-state index contributed by atoms with van der Waals surface area (Å²) < 4.78 is 20.6. The Morgan fingerprint density at radius 2 is 1.95 bits per heavy atom. The molecular weight excluding hydrogens is 481 g/mol. The van der Waals surface area contributed by atoms with Crippen LogP contribution in [0, 0.1) is 5.92 Å². The predicted molar refractivity (Wildman–Crippen MR) is 131 cm³/mol. The van der Waals surface area contributed by atoms with Gasteiger partial charge in [0, 0.05) is 12.4 Å². The Morgan fingerprint density at radius 1 is 1.19 bits per heavy atom. The lowest BCUT2D eigenvalue weighted by Gasteiger charge is -2.36. The van der Waals surface area contributed by atoms with E-state index in [9.17, 15) is 19.2 Å². The number of aromatic nitrogens is 2. The van der Waals surface area contributed by atoms with Crippen LogP contribution in [0.25, 0.3) is 0 Å². The fraction of sp³-hybridized carbons (Fsp3) is 0.440. The van der Waals surface area contributed by atoms with Gasteiger partial charge in [0.15, 0.2) is 11.9 Å². The number of fused-ring (bicyclic) bond motifs is 2. The van der Waals surface area contributed by atoms with Crippen LogP contribution in [0.5, 0.6) is 0 Å². The average Bonchev–Trinajstić information content (AvgIpc) is 3.44. The monoisotopic (exact) mass is 511 g/mol. The van der Waals surface area contributed by atoms with Crippen molar-refractivity contribution < 1.29 is 37.9 Å². The van der Waals surface area contributed by atoms with Crippen molar-refractivity contribution in [3.8, 4) is 0 Å². The molecule has 1 aromatic carbocycles. The van der Waals surface area contributed by atoms with Crippen LogP contribution in [0.2, 0.25) is 5.82 Å². The molecule has 1 aromatic heterocycles. The lowest BCUT2D eigenvalue weighted by molar-refractivity contribution is -0.170. The second-order valence-corrected chi connectivity index (χ2v) is 9.71. The van der Waals surface area contributed by atoms with Gasteiger partial charge in [-0.25, -0.2) is 9.78 Å². The van der Waals surface area contributed by atoms with Crippen molar-refractivity contribution in [1.82, 2.24) is 15.3 Å². The highest BCUT2D eigenvalue weighted by molar-refractivity contribution is 6.66. The number of esters is 1. The van der Waals surface area contributed by atoms with Crippen molar-refractivity contribution in [2.45, 2.75) is 57.2 Å². The molecule has 0 aliphatic carbocycles. The number of hydrogen-bond donors (Lipinski definition) is 1. The van der Waals surface area contributed by atoms with E-state index in [1.165, 1.54) is 25.7 Å². The zero-order valence-electron chi connectivity index (χ0n) is 20.9. The van der Waals surface area contributed by atoms with Gasteiger partial charge in [-0.3, -0.25) is 19.4 Å². The maximum atomic E-state index is 13.7. The number of hydrogen-bond acceptors (Lipinski definition) is 9. The number of ether oxygens (including phenoxy) is 1. The number of nitrogens with one attached hydrogen (secondary N) is 1. The largest absolute Gasteiger partial charge is 0.630 e. The quantitative estimate of drug-likeness (QED) is 0.267. The van der Waals surface area contributed by atoms with Crippen LogP contribution in [-0.2, 0) is 34.9 Å². The molecule has 2 bridgehead atoms. The summed E-state index contributed by atoms with van der Waals surface area (Å²) in [5.41, 5.74) is 0.932. The molecule has 2 N–H and O–H groups in total. The molecule has 196 valence electrons. The second kappa shape index (κ2) is 11.2. The number of aliphatic hydroxyl groups is 1. The Kier molecular flexibility index (Phi) is 7.99. The summed E-state index contributed by atoms with van der Waals surface area (Å²) in [7, 11) is 1.21. The SMILES string of the molecule is COC(=O)[C@@H]1[OH+][B-]2([C@@H](CC(=O)[C@H](Cc3ccccc3)NC(=O)c3cnccn3)CC(C)C)OC(=O)[C@@H]1O2. The zero-order valence-corrected chi connectivity index (χ0v) is 20.9. The molecule has 2 aliphatic heterocycles. The first-order chi connectivity index (χ1) is 17.7. The summed E-state index contributed by atoms with van der Waals surface area (Å²) in [6.45, 7) is 1.32. The van der Waals surface area contributed by atoms with E-state index in [0.29, 0.717) is 6.42 Å². The first-order valence-corrected chi connectivity index (χ1v) is 12.2. The molecular formula is C25H30BN3O8. The van der Waals surface area contributed by atoms with Gasteiger partial charge in [-0.1, -0.05) is 50.6 Å². The fourth-order valence-corrected chi connectivity index (χ4v) is 4.89. The van der Waals surface area contributed by atoms with Crippen molar-refractivity contribution in [2.24, 2.45) is 5.92 Å². The minimum atomic E-state index is -2.60. The number of carbonyl (C=O) groups is 4. The number of methoxy groups -OCH3 is 1. The highest BCUT2D eigenvalue weighted by atomic mass is 16.8. The normalized spacial score (nSPS) is 23.8. The van der Waals surface area contributed by atoms with Crippen LogP contribution in [0.4, 0.5) is 0 Å². The molecule has 0 radical (unpaired) electrons. The standard InChI is InChI=1S/C25H30BN3O8/c1-15(2)11-17(26-35-21(24(32)34-3)22(36-26)25(33)37-26)13-20(30)18(12-16-7-5-4-6-8-16)29-23(31)19-14-27-9-10-28-19/h4-10,14-15,17-18,21-22,35H,11-13H2,1-3H3,(H,29,31)/t17-,18+,21-,22-,26?/m1/s1. The third-order valence-electron chi connectivity index (χ3n) is 6.56. The molecule has 2 aromatic rings. The van der Waals surface area contributed by atoms with Gasteiger partial charge in [0.25, 0.3) is 11.9 Å². The van der Waals surface area contributed by atoms with Crippen LogP contribution in [0.3, 0.4) is 0 Å². The molecule has 0 spiro atoms. The number of ketones is 1. The van der Waals surface area contributed by atoms with Gasteiger partial charge in [0.1, 0.15) is 5.69 Å². The number of carbonyl (C=O) groups excluding carboxylic acids is 4. The van der Waals surface area contributed by atoms with Crippen molar-refractivity contribution in [3.05, 3.63) is 60.2 Å². The Hall–Kier alpha value is -3.64. The second-order valence-electron chi connectivity index (χ2n) is 9.71.